The van der Waals surface area contributed by atoms with Gasteiger partial charge in [0.2, 0.25) is 0 Å². The Hall–Kier alpha value is 0.310. The van der Waals surface area contributed by atoms with Crippen LogP contribution in [-0.4, -0.2) is 24.6 Å². The molecule has 0 aliphatic heterocycles. The fourth-order valence-corrected chi connectivity index (χ4v) is 3.51. The first-order chi connectivity index (χ1) is 8.86. The van der Waals surface area contributed by atoms with Gasteiger partial charge in [0.15, 0.2) is 0 Å². The number of nitrogens with one attached hydrogen (secondary N) is 1. The highest BCUT2D eigenvalue weighted by atomic mass is 32.2. The van der Waals surface area contributed by atoms with Crippen molar-refractivity contribution in [1.29, 1.82) is 0 Å². The third kappa shape index (κ3) is 7.68. The molecule has 1 fully saturated rings. The molecule has 1 saturated carbocycles. The van der Waals surface area contributed by atoms with Crippen molar-refractivity contribution in [3.8, 4) is 0 Å². The van der Waals surface area contributed by atoms with E-state index < -0.39 is 0 Å². The van der Waals surface area contributed by atoms with E-state index in [2.05, 4.69) is 18.5 Å². The molecule has 1 nitrogen and oxygen atoms in total. The van der Waals surface area contributed by atoms with Crippen molar-refractivity contribution in [2.75, 3.05) is 18.6 Å². The Balaban J connectivity index is 1.95. The van der Waals surface area contributed by atoms with Crippen LogP contribution in [0, 0.1) is 5.92 Å². The van der Waals surface area contributed by atoms with Gasteiger partial charge in [0.25, 0.3) is 0 Å². The standard InChI is InChI=1S/C16H33NS/c1-3-15-9-8-10-16(12-11-15)17-13-6-4-5-7-14-18-2/h15-17H,3-14H2,1-2H3. The molecule has 0 heterocycles. The molecule has 108 valence electrons. The predicted molar refractivity (Wildman–Crippen MR) is 85.5 cm³/mol. The number of hydrogen-bond donors (Lipinski definition) is 1. The third-order valence-electron chi connectivity index (χ3n) is 4.37. The molecule has 0 saturated heterocycles. The molecule has 18 heavy (non-hydrogen) atoms. The minimum atomic E-state index is 0.827. The Bertz CT molecular complexity index is 184. The van der Waals surface area contributed by atoms with Gasteiger partial charge in [-0.05, 0) is 56.6 Å². The Morgan fingerprint density at radius 1 is 1.00 bits per heavy atom. The Morgan fingerprint density at radius 2 is 1.83 bits per heavy atom. The van der Waals surface area contributed by atoms with Gasteiger partial charge in [-0.15, -0.1) is 0 Å². The number of rotatable bonds is 9. The van der Waals surface area contributed by atoms with Crippen molar-refractivity contribution in [2.24, 2.45) is 5.92 Å². The molecule has 2 atom stereocenters. The lowest BCUT2D eigenvalue weighted by atomic mass is 9.98. The summed E-state index contributed by atoms with van der Waals surface area (Å²) in [6.07, 6.45) is 16.4. The summed E-state index contributed by atoms with van der Waals surface area (Å²) in [6.45, 7) is 3.60. The van der Waals surface area contributed by atoms with Gasteiger partial charge in [-0.3, -0.25) is 0 Å². The molecule has 1 aliphatic carbocycles. The number of thioether (sulfide) groups is 1. The summed E-state index contributed by atoms with van der Waals surface area (Å²) in [7, 11) is 0. The first-order valence-corrected chi connectivity index (χ1v) is 9.48. The Morgan fingerprint density at radius 3 is 2.61 bits per heavy atom. The van der Waals surface area contributed by atoms with Gasteiger partial charge < -0.3 is 5.32 Å². The fraction of sp³-hybridized carbons (Fsp3) is 1.00. The SMILES string of the molecule is CCC1CCCC(NCCCCCCSC)CC1. The van der Waals surface area contributed by atoms with Crippen LogP contribution in [0.15, 0.2) is 0 Å². The van der Waals surface area contributed by atoms with Gasteiger partial charge in [-0.2, -0.15) is 11.8 Å². The second-order valence-corrected chi connectivity index (χ2v) is 6.83. The minimum absolute atomic E-state index is 0.827. The van der Waals surface area contributed by atoms with Crippen LogP contribution < -0.4 is 5.32 Å². The molecule has 1 N–H and O–H groups in total. The summed E-state index contributed by atoms with van der Waals surface area (Å²) in [5, 5.41) is 3.79. The van der Waals surface area contributed by atoms with Crippen molar-refractivity contribution in [2.45, 2.75) is 77.2 Å². The summed E-state index contributed by atoms with van der Waals surface area (Å²) in [5.41, 5.74) is 0. The molecule has 1 aliphatic rings. The zero-order chi connectivity index (χ0) is 13.1. The van der Waals surface area contributed by atoms with Crippen LogP contribution in [0.1, 0.15) is 71.1 Å². The third-order valence-corrected chi connectivity index (χ3v) is 5.07. The normalized spacial score (nSPS) is 25.0. The summed E-state index contributed by atoms with van der Waals surface area (Å²) in [6, 6.07) is 0.827. The average molecular weight is 272 g/mol. The Kier molecular flexibility index (Phi) is 10.1. The molecular formula is C16H33NS. The summed E-state index contributed by atoms with van der Waals surface area (Å²) < 4.78 is 0. The summed E-state index contributed by atoms with van der Waals surface area (Å²) in [5.74, 6) is 2.36. The molecule has 0 radical (unpaired) electrons. The van der Waals surface area contributed by atoms with Gasteiger partial charge in [0.1, 0.15) is 0 Å². The van der Waals surface area contributed by atoms with Gasteiger partial charge >= 0.3 is 0 Å². The highest BCUT2D eigenvalue weighted by Crippen LogP contribution is 2.25. The summed E-state index contributed by atoms with van der Waals surface area (Å²) >= 11 is 1.98. The lowest BCUT2D eigenvalue weighted by Crippen LogP contribution is -2.29. The van der Waals surface area contributed by atoms with E-state index >= 15 is 0 Å². The van der Waals surface area contributed by atoms with E-state index in [0.717, 1.165) is 12.0 Å². The van der Waals surface area contributed by atoms with Gasteiger partial charge in [-0.25, -0.2) is 0 Å². The van der Waals surface area contributed by atoms with Crippen molar-refractivity contribution in [3.63, 3.8) is 0 Å². The van der Waals surface area contributed by atoms with E-state index in [1.165, 1.54) is 76.5 Å². The van der Waals surface area contributed by atoms with Crippen molar-refractivity contribution >= 4 is 11.8 Å². The first kappa shape index (κ1) is 16.4. The molecule has 0 spiro atoms. The first-order valence-electron chi connectivity index (χ1n) is 8.09. The van der Waals surface area contributed by atoms with Crippen LogP contribution in [0.25, 0.3) is 0 Å². The highest BCUT2D eigenvalue weighted by molar-refractivity contribution is 7.98. The predicted octanol–water partition coefficient (Wildman–Crippen LogP) is 4.86. The largest absolute Gasteiger partial charge is 0.314 e. The molecule has 1 rings (SSSR count). The number of unbranched alkanes of at least 4 members (excludes halogenated alkanes) is 3. The maximum Gasteiger partial charge on any atom is 0.00671 e. The van der Waals surface area contributed by atoms with E-state index in [1.54, 1.807) is 0 Å². The second-order valence-electron chi connectivity index (χ2n) is 5.84. The minimum Gasteiger partial charge on any atom is -0.314 e. The van der Waals surface area contributed by atoms with E-state index in [4.69, 9.17) is 0 Å². The maximum absolute atomic E-state index is 3.79. The van der Waals surface area contributed by atoms with Crippen LogP contribution in [0.4, 0.5) is 0 Å². The number of hydrogen-bond acceptors (Lipinski definition) is 2. The topological polar surface area (TPSA) is 12.0 Å². The van der Waals surface area contributed by atoms with Crippen LogP contribution in [0.2, 0.25) is 0 Å². The van der Waals surface area contributed by atoms with E-state index in [-0.39, 0.29) is 0 Å². The molecule has 0 bridgehead atoms. The van der Waals surface area contributed by atoms with E-state index in [0.29, 0.717) is 0 Å². The van der Waals surface area contributed by atoms with Crippen LogP contribution >= 0.6 is 11.8 Å². The van der Waals surface area contributed by atoms with E-state index in [9.17, 15) is 0 Å². The van der Waals surface area contributed by atoms with Gasteiger partial charge in [0.05, 0.1) is 0 Å². The monoisotopic (exact) mass is 271 g/mol. The molecular weight excluding hydrogens is 238 g/mol. The fourth-order valence-electron chi connectivity index (χ4n) is 3.02. The van der Waals surface area contributed by atoms with Crippen molar-refractivity contribution in [3.05, 3.63) is 0 Å². The van der Waals surface area contributed by atoms with Crippen LogP contribution in [-0.2, 0) is 0 Å². The molecule has 2 unspecified atom stereocenters. The molecule has 0 aromatic heterocycles. The zero-order valence-electron chi connectivity index (χ0n) is 12.5. The van der Waals surface area contributed by atoms with Gasteiger partial charge in [0, 0.05) is 6.04 Å². The molecule has 0 amide bonds. The lowest BCUT2D eigenvalue weighted by Gasteiger charge is -2.16. The molecule has 2 heteroatoms. The van der Waals surface area contributed by atoms with Crippen molar-refractivity contribution < 1.29 is 0 Å². The lowest BCUT2D eigenvalue weighted by molar-refractivity contribution is 0.422. The molecule has 0 aromatic rings. The quantitative estimate of drug-likeness (QED) is 0.475. The molecule has 0 aromatic carbocycles. The maximum atomic E-state index is 3.79. The Labute approximate surface area is 119 Å². The van der Waals surface area contributed by atoms with Gasteiger partial charge in [-0.1, -0.05) is 39.0 Å². The highest BCUT2D eigenvalue weighted by Gasteiger charge is 2.16. The van der Waals surface area contributed by atoms with Crippen LogP contribution in [0.5, 0.6) is 0 Å². The van der Waals surface area contributed by atoms with Crippen molar-refractivity contribution in [1.82, 2.24) is 5.32 Å². The average Bonchev–Trinajstić information content (AvgIpc) is 2.63. The smallest absolute Gasteiger partial charge is 0.00671 e. The van der Waals surface area contributed by atoms with E-state index in [1.807, 2.05) is 11.8 Å². The van der Waals surface area contributed by atoms with Crippen LogP contribution in [0.3, 0.4) is 0 Å². The summed E-state index contributed by atoms with van der Waals surface area (Å²) in [4.78, 5) is 0. The second kappa shape index (κ2) is 11.2. The zero-order valence-corrected chi connectivity index (χ0v) is 13.4.